The average Bonchev–Trinajstić information content (AvgIpc) is 2.77. The molecule has 1 N–H and O–H groups in total. The molecule has 0 atom stereocenters. The number of unbranched alkanes of at least 4 members (excludes halogenated alkanes) is 5. The second-order valence-electron chi connectivity index (χ2n) is 6.51. The summed E-state index contributed by atoms with van der Waals surface area (Å²) in [4.78, 5) is 11.0. The molecule has 0 fully saturated rings. The van der Waals surface area contributed by atoms with Crippen molar-refractivity contribution in [2.75, 3.05) is 13.2 Å². The van der Waals surface area contributed by atoms with Gasteiger partial charge in [-0.2, -0.15) is 0 Å². The Kier molecular flexibility index (Phi) is 6.60. The van der Waals surface area contributed by atoms with E-state index in [0.29, 0.717) is 6.61 Å². The monoisotopic (exact) mass is 386 g/mol. The molecular formula is C17H26N2O3Se. The topological polar surface area (TPSA) is 66.6 Å². The molecule has 1 aliphatic rings. The first-order chi connectivity index (χ1) is 11.0. The summed E-state index contributed by atoms with van der Waals surface area (Å²) in [5.41, 5.74) is 1.29. The summed E-state index contributed by atoms with van der Waals surface area (Å²) < 4.78 is 3.36. The average molecular weight is 385 g/mol. The van der Waals surface area contributed by atoms with E-state index >= 15 is 0 Å². The summed E-state index contributed by atoms with van der Waals surface area (Å²) in [6, 6.07) is 5.47. The van der Waals surface area contributed by atoms with Crippen LogP contribution in [0.3, 0.4) is 0 Å². The van der Waals surface area contributed by atoms with E-state index in [-0.39, 0.29) is 31.3 Å². The van der Waals surface area contributed by atoms with Crippen LogP contribution in [0.5, 0.6) is 0 Å². The zero-order valence-corrected chi connectivity index (χ0v) is 15.7. The molecule has 2 rings (SSSR count). The van der Waals surface area contributed by atoms with Gasteiger partial charge in [-0.1, -0.05) is 0 Å². The zero-order chi connectivity index (χ0) is 16.9. The molecule has 0 bridgehead atoms. The molecule has 0 amide bonds. The van der Waals surface area contributed by atoms with Crippen molar-refractivity contribution in [2.45, 2.75) is 57.9 Å². The van der Waals surface area contributed by atoms with Crippen molar-refractivity contribution in [3.63, 3.8) is 0 Å². The summed E-state index contributed by atoms with van der Waals surface area (Å²) in [5.74, 6) is 0. The van der Waals surface area contributed by atoms with Crippen LogP contribution in [0.15, 0.2) is 18.2 Å². The van der Waals surface area contributed by atoms with E-state index < -0.39 is 0 Å². The van der Waals surface area contributed by atoms with Gasteiger partial charge in [0.2, 0.25) is 0 Å². The number of aliphatic hydroxyl groups is 1. The normalized spacial score (nSPS) is 16.5. The first-order valence-corrected chi connectivity index (χ1v) is 9.95. The molecule has 1 heterocycles. The van der Waals surface area contributed by atoms with Crippen LogP contribution in [0.1, 0.15) is 57.9 Å². The van der Waals surface area contributed by atoms with Crippen LogP contribution in [-0.4, -0.2) is 42.3 Å². The van der Waals surface area contributed by atoms with Crippen molar-refractivity contribution < 1.29 is 10.0 Å². The molecule has 1 aromatic rings. The van der Waals surface area contributed by atoms with Gasteiger partial charge in [0.05, 0.1) is 0 Å². The quantitative estimate of drug-likeness (QED) is 0.307. The van der Waals surface area contributed by atoms with Gasteiger partial charge >= 0.3 is 144 Å². The van der Waals surface area contributed by atoms with E-state index in [9.17, 15) is 10.1 Å². The number of aliphatic hydroxyl groups excluding tert-OH is 1. The minimum absolute atomic E-state index is 0.0272. The number of nitro groups is 1. The molecule has 0 saturated carbocycles. The fraction of sp³-hybridized carbons (Fsp3) is 0.647. The van der Waals surface area contributed by atoms with Crippen molar-refractivity contribution in [3.05, 3.63) is 33.9 Å². The van der Waals surface area contributed by atoms with Crippen LogP contribution >= 0.6 is 0 Å². The van der Waals surface area contributed by atoms with Gasteiger partial charge in [-0.25, -0.2) is 0 Å². The molecule has 5 nitrogen and oxygen atoms in total. The van der Waals surface area contributed by atoms with Crippen LogP contribution in [0.2, 0.25) is 0 Å². The summed E-state index contributed by atoms with van der Waals surface area (Å²) >= 11 is 0.0272. The molecule has 0 unspecified atom stereocenters. The number of fused-ring (bicyclic) bond motifs is 1. The first-order valence-electron chi connectivity index (χ1n) is 8.33. The Morgan fingerprint density at radius 2 is 1.83 bits per heavy atom. The minimum atomic E-state index is -0.249. The van der Waals surface area contributed by atoms with Crippen LogP contribution in [0.4, 0.5) is 5.69 Å². The molecule has 0 spiro atoms. The van der Waals surface area contributed by atoms with E-state index in [1.807, 2.05) is 6.07 Å². The Labute approximate surface area is 144 Å². The van der Waals surface area contributed by atoms with Gasteiger partial charge in [0.1, 0.15) is 0 Å². The fourth-order valence-corrected chi connectivity index (χ4v) is 5.98. The summed E-state index contributed by atoms with van der Waals surface area (Å²) in [7, 11) is 0. The maximum atomic E-state index is 11.2. The second-order valence-corrected chi connectivity index (χ2v) is 8.67. The van der Waals surface area contributed by atoms with E-state index in [4.69, 9.17) is 5.11 Å². The molecule has 0 saturated heterocycles. The Bertz CT molecular complexity index is 549. The van der Waals surface area contributed by atoms with Crippen molar-refractivity contribution in [3.8, 4) is 0 Å². The van der Waals surface area contributed by atoms with Crippen molar-refractivity contribution in [1.29, 1.82) is 0 Å². The fourth-order valence-electron chi connectivity index (χ4n) is 3.00. The Balaban J connectivity index is 1.90. The Morgan fingerprint density at radius 1 is 1.17 bits per heavy atom. The van der Waals surface area contributed by atoms with Crippen LogP contribution in [0.25, 0.3) is 0 Å². The van der Waals surface area contributed by atoms with E-state index in [2.05, 4.69) is 17.8 Å². The van der Waals surface area contributed by atoms with E-state index in [1.54, 1.807) is 12.1 Å². The standard InChI is InChI=1S/C17H26N2O3Se/c1-17(2)14-10-9-11-15(19(21)22)16(14)23-18(17)12-7-5-3-4-6-8-13-20/h9-11,20H,3-8,12-13H2,1-2H3. The van der Waals surface area contributed by atoms with Crippen LogP contribution < -0.4 is 4.46 Å². The third-order valence-corrected chi connectivity index (χ3v) is 7.53. The van der Waals surface area contributed by atoms with Gasteiger partial charge in [0.25, 0.3) is 0 Å². The molecule has 23 heavy (non-hydrogen) atoms. The molecule has 1 aliphatic heterocycles. The Hall–Kier alpha value is -0.941. The molecule has 0 aromatic heterocycles. The summed E-state index contributed by atoms with van der Waals surface area (Å²) in [6.07, 6.45) is 6.71. The van der Waals surface area contributed by atoms with Gasteiger partial charge < -0.3 is 0 Å². The predicted octanol–water partition coefficient (Wildman–Crippen LogP) is 2.72. The molecule has 128 valence electrons. The van der Waals surface area contributed by atoms with Gasteiger partial charge in [-0.15, -0.1) is 0 Å². The molecule has 0 radical (unpaired) electrons. The number of nitro benzene ring substituents is 1. The Morgan fingerprint density at radius 3 is 2.48 bits per heavy atom. The third-order valence-electron chi connectivity index (χ3n) is 4.44. The zero-order valence-electron chi connectivity index (χ0n) is 14.0. The van der Waals surface area contributed by atoms with E-state index in [1.165, 1.54) is 19.3 Å². The van der Waals surface area contributed by atoms with Gasteiger partial charge in [-0.3, -0.25) is 0 Å². The SMILES string of the molecule is CC1(C)c2cccc([N+](=O)[O-])c2[Se]N1CCCCCCCCO. The molecule has 1 aromatic carbocycles. The molecule has 0 aliphatic carbocycles. The maximum absolute atomic E-state index is 11.2. The molecule has 6 heteroatoms. The van der Waals surface area contributed by atoms with Crippen LogP contribution in [-0.2, 0) is 5.54 Å². The predicted molar refractivity (Wildman–Crippen MR) is 93.0 cm³/mol. The third kappa shape index (κ3) is 4.32. The van der Waals surface area contributed by atoms with Gasteiger partial charge in [0.15, 0.2) is 0 Å². The van der Waals surface area contributed by atoms with Crippen LogP contribution in [0, 0.1) is 10.1 Å². The van der Waals surface area contributed by atoms with Crippen molar-refractivity contribution in [2.24, 2.45) is 0 Å². The number of hydrogen-bond donors (Lipinski definition) is 1. The first kappa shape index (κ1) is 18.4. The van der Waals surface area contributed by atoms with E-state index in [0.717, 1.165) is 35.8 Å². The van der Waals surface area contributed by atoms with Crippen molar-refractivity contribution in [1.82, 2.24) is 3.92 Å². The second kappa shape index (κ2) is 8.24. The van der Waals surface area contributed by atoms with Gasteiger partial charge in [0, 0.05) is 0 Å². The number of benzene rings is 1. The summed E-state index contributed by atoms with van der Waals surface area (Å²) in [5, 5.41) is 20.0. The van der Waals surface area contributed by atoms with Crippen molar-refractivity contribution >= 4 is 25.3 Å². The number of nitrogens with zero attached hydrogens (tertiary/aromatic N) is 2. The summed E-state index contributed by atoms with van der Waals surface area (Å²) in [6.45, 7) is 5.64. The number of rotatable bonds is 9. The number of hydrogen-bond acceptors (Lipinski definition) is 4. The molecular weight excluding hydrogens is 359 g/mol. The van der Waals surface area contributed by atoms with Gasteiger partial charge in [-0.05, 0) is 0 Å².